The van der Waals surface area contributed by atoms with E-state index in [1.54, 1.807) is 0 Å². The molecule has 19 heavy (non-hydrogen) atoms. The van der Waals surface area contributed by atoms with Crippen molar-refractivity contribution in [3.8, 4) is 0 Å². The van der Waals surface area contributed by atoms with Gasteiger partial charge < -0.3 is 21.3 Å². The van der Waals surface area contributed by atoms with E-state index in [1.807, 2.05) is 30.3 Å². The summed E-state index contributed by atoms with van der Waals surface area (Å²) in [4.78, 5) is 11.5. The summed E-state index contributed by atoms with van der Waals surface area (Å²) in [6.07, 6.45) is 1.40. The van der Waals surface area contributed by atoms with Gasteiger partial charge in [0.15, 0.2) is 0 Å². The molecule has 1 aromatic carbocycles. The zero-order valence-corrected chi connectivity index (χ0v) is 11.0. The van der Waals surface area contributed by atoms with E-state index >= 15 is 0 Å². The summed E-state index contributed by atoms with van der Waals surface area (Å²) in [5.74, 6) is -0.217. The summed E-state index contributed by atoms with van der Waals surface area (Å²) < 4.78 is 5.14. The fourth-order valence-corrected chi connectivity index (χ4v) is 1.63. The average Bonchev–Trinajstić information content (AvgIpc) is 2.42. The predicted octanol–water partition coefficient (Wildman–Crippen LogP) is 0.895. The number of benzene rings is 1. The third kappa shape index (κ3) is 6.91. The van der Waals surface area contributed by atoms with Gasteiger partial charge >= 0.3 is 5.97 Å². The van der Waals surface area contributed by atoms with Gasteiger partial charge in [0.1, 0.15) is 12.8 Å². The van der Waals surface area contributed by atoms with Crippen molar-refractivity contribution < 1.29 is 14.6 Å². The van der Waals surface area contributed by atoms with Crippen molar-refractivity contribution in [2.24, 2.45) is 11.5 Å². The van der Waals surface area contributed by atoms with Gasteiger partial charge in [0.2, 0.25) is 0 Å². The van der Waals surface area contributed by atoms with E-state index < -0.39 is 12.3 Å². The van der Waals surface area contributed by atoms with E-state index in [0.29, 0.717) is 25.9 Å². The van der Waals surface area contributed by atoms with Crippen molar-refractivity contribution in [1.82, 2.24) is 0 Å². The van der Waals surface area contributed by atoms with Gasteiger partial charge in [-0.15, -0.1) is 0 Å². The van der Waals surface area contributed by atoms with E-state index in [-0.39, 0.29) is 5.97 Å². The molecular formula is C14H22N2O3. The lowest BCUT2D eigenvalue weighted by Gasteiger charge is -2.13. The number of aliphatic hydroxyl groups excluding tert-OH is 1. The molecule has 0 aliphatic heterocycles. The first-order valence-corrected chi connectivity index (χ1v) is 6.48. The molecule has 0 radical (unpaired) electrons. The summed E-state index contributed by atoms with van der Waals surface area (Å²) in [5.41, 5.74) is 11.8. The standard InChI is InChI=1S/C14H22N2O3/c15-12(14(16)18)8-4-5-9-13(17)19-10-11-6-2-1-3-7-11/h1-3,6-7,12,14,18H,4-5,8-10,15-16H2. The van der Waals surface area contributed by atoms with Gasteiger partial charge in [-0.1, -0.05) is 36.8 Å². The van der Waals surface area contributed by atoms with E-state index in [4.69, 9.17) is 21.3 Å². The Hall–Kier alpha value is -1.43. The van der Waals surface area contributed by atoms with Gasteiger partial charge in [-0.25, -0.2) is 0 Å². The molecule has 2 atom stereocenters. The topological polar surface area (TPSA) is 98.6 Å². The average molecular weight is 266 g/mol. The van der Waals surface area contributed by atoms with Crippen LogP contribution in [0.4, 0.5) is 0 Å². The number of rotatable bonds is 8. The SMILES string of the molecule is NC(O)C(N)CCCCC(=O)OCc1ccccc1. The Kier molecular flexibility index (Phi) is 7.10. The number of carbonyl (C=O) groups is 1. The number of hydrogen-bond donors (Lipinski definition) is 3. The molecule has 0 saturated carbocycles. The molecule has 0 fully saturated rings. The van der Waals surface area contributed by atoms with Crippen LogP contribution in [0.25, 0.3) is 0 Å². The Balaban J connectivity index is 2.09. The lowest BCUT2D eigenvalue weighted by Crippen LogP contribution is -2.40. The Morgan fingerprint density at radius 1 is 1.21 bits per heavy atom. The molecule has 106 valence electrons. The first-order chi connectivity index (χ1) is 9.09. The number of ether oxygens (including phenoxy) is 1. The highest BCUT2D eigenvalue weighted by Gasteiger charge is 2.09. The molecular weight excluding hydrogens is 244 g/mol. The monoisotopic (exact) mass is 266 g/mol. The van der Waals surface area contributed by atoms with Crippen molar-refractivity contribution in [3.05, 3.63) is 35.9 Å². The zero-order chi connectivity index (χ0) is 14.1. The van der Waals surface area contributed by atoms with Crippen LogP contribution in [-0.2, 0) is 16.1 Å². The number of hydrogen-bond acceptors (Lipinski definition) is 5. The number of carbonyl (C=O) groups excluding carboxylic acids is 1. The first-order valence-electron chi connectivity index (χ1n) is 6.48. The van der Waals surface area contributed by atoms with Crippen LogP contribution in [0.1, 0.15) is 31.2 Å². The first kappa shape index (κ1) is 15.6. The number of esters is 1. The quantitative estimate of drug-likeness (QED) is 0.369. The fraction of sp³-hybridized carbons (Fsp3) is 0.500. The van der Waals surface area contributed by atoms with Crippen molar-refractivity contribution >= 4 is 5.97 Å². The Morgan fingerprint density at radius 2 is 1.89 bits per heavy atom. The fourth-order valence-electron chi connectivity index (χ4n) is 1.63. The van der Waals surface area contributed by atoms with Crippen LogP contribution in [0.15, 0.2) is 30.3 Å². The maximum atomic E-state index is 11.5. The summed E-state index contributed by atoms with van der Waals surface area (Å²) >= 11 is 0. The van der Waals surface area contributed by atoms with Crippen molar-refractivity contribution in [2.45, 2.75) is 44.6 Å². The molecule has 0 bridgehead atoms. The van der Waals surface area contributed by atoms with Gasteiger partial charge in [0.25, 0.3) is 0 Å². The molecule has 0 aliphatic carbocycles. The zero-order valence-electron chi connectivity index (χ0n) is 11.0. The predicted molar refractivity (Wildman–Crippen MR) is 72.9 cm³/mol. The van der Waals surface area contributed by atoms with Crippen LogP contribution in [0.3, 0.4) is 0 Å². The molecule has 2 unspecified atom stereocenters. The minimum atomic E-state index is -0.995. The Bertz CT molecular complexity index is 368. The Labute approximate surface area is 113 Å². The second-order valence-corrected chi connectivity index (χ2v) is 4.55. The van der Waals surface area contributed by atoms with E-state index in [0.717, 1.165) is 12.0 Å². The van der Waals surface area contributed by atoms with Gasteiger partial charge in [-0.05, 0) is 18.4 Å². The van der Waals surface area contributed by atoms with Crippen molar-refractivity contribution in [3.63, 3.8) is 0 Å². The molecule has 0 aromatic heterocycles. The van der Waals surface area contributed by atoms with Crippen LogP contribution < -0.4 is 11.5 Å². The van der Waals surface area contributed by atoms with Gasteiger partial charge in [0, 0.05) is 12.5 Å². The van der Waals surface area contributed by atoms with Crippen LogP contribution in [0, 0.1) is 0 Å². The van der Waals surface area contributed by atoms with Crippen molar-refractivity contribution in [1.29, 1.82) is 0 Å². The largest absolute Gasteiger partial charge is 0.461 e. The summed E-state index contributed by atoms with van der Waals surface area (Å²) in [6, 6.07) is 9.12. The molecule has 1 aromatic rings. The van der Waals surface area contributed by atoms with Crippen molar-refractivity contribution in [2.75, 3.05) is 0 Å². The molecule has 1 rings (SSSR count). The third-order valence-corrected chi connectivity index (χ3v) is 2.85. The summed E-state index contributed by atoms with van der Waals surface area (Å²) in [7, 11) is 0. The van der Waals surface area contributed by atoms with E-state index in [9.17, 15) is 4.79 Å². The smallest absolute Gasteiger partial charge is 0.306 e. The number of aliphatic hydroxyl groups is 1. The second kappa shape index (κ2) is 8.63. The van der Waals surface area contributed by atoms with Gasteiger partial charge in [-0.3, -0.25) is 4.79 Å². The number of unbranched alkanes of at least 4 members (excludes halogenated alkanes) is 1. The molecule has 0 saturated heterocycles. The van der Waals surface area contributed by atoms with Gasteiger partial charge in [0.05, 0.1) is 0 Å². The molecule has 0 amide bonds. The summed E-state index contributed by atoms with van der Waals surface area (Å²) in [5, 5.41) is 9.00. The molecule has 5 N–H and O–H groups in total. The Morgan fingerprint density at radius 3 is 2.53 bits per heavy atom. The highest BCUT2D eigenvalue weighted by Crippen LogP contribution is 2.06. The highest BCUT2D eigenvalue weighted by atomic mass is 16.5. The maximum absolute atomic E-state index is 11.5. The molecule has 0 aliphatic rings. The molecule has 5 nitrogen and oxygen atoms in total. The minimum absolute atomic E-state index is 0.217. The van der Waals surface area contributed by atoms with Crippen LogP contribution >= 0.6 is 0 Å². The van der Waals surface area contributed by atoms with E-state index in [1.165, 1.54) is 0 Å². The lowest BCUT2D eigenvalue weighted by molar-refractivity contribution is -0.145. The summed E-state index contributed by atoms with van der Waals surface area (Å²) in [6.45, 7) is 0.306. The minimum Gasteiger partial charge on any atom is -0.461 e. The maximum Gasteiger partial charge on any atom is 0.306 e. The highest BCUT2D eigenvalue weighted by molar-refractivity contribution is 5.69. The molecule has 0 heterocycles. The van der Waals surface area contributed by atoms with Crippen LogP contribution in [0.5, 0.6) is 0 Å². The number of nitrogens with two attached hydrogens (primary N) is 2. The third-order valence-electron chi connectivity index (χ3n) is 2.85. The lowest BCUT2D eigenvalue weighted by atomic mass is 10.1. The normalized spacial score (nSPS) is 13.8. The van der Waals surface area contributed by atoms with Crippen LogP contribution in [-0.4, -0.2) is 23.3 Å². The van der Waals surface area contributed by atoms with E-state index in [2.05, 4.69) is 0 Å². The second-order valence-electron chi connectivity index (χ2n) is 4.55. The molecule has 5 heteroatoms. The van der Waals surface area contributed by atoms with Gasteiger partial charge in [-0.2, -0.15) is 0 Å². The van der Waals surface area contributed by atoms with Crippen LogP contribution in [0.2, 0.25) is 0 Å². The molecule has 0 spiro atoms.